The first-order valence-electron chi connectivity index (χ1n) is 5.86. The Labute approximate surface area is 108 Å². The van der Waals surface area contributed by atoms with Crippen LogP contribution in [0.1, 0.15) is 0 Å². The van der Waals surface area contributed by atoms with E-state index >= 15 is 0 Å². The van der Waals surface area contributed by atoms with E-state index in [9.17, 15) is 0 Å². The van der Waals surface area contributed by atoms with Crippen molar-refractivity contribution in [2.45, 2.75) is 0 Å². The molecule has 0 bridgehead atoms. The topological polar surface area (TPSA) is 74.0 Å². The minimum atomic E-state index is 0.271. The first kappa shape index (κ1) is 10.1. The molecule has 0 spiro atoms. The molecule has 0 fully saturated rings. The third-order valence-electron chi connectivity index (χ3n) is 3.07. The maximum atomic E-state index is 5.59. The highest BCUT2D eigenvalue weighted by atomic mass is 15.3. The smallest absolute Gasteiger partial charge is 0.240 e. The molecule has 1 aromatic carbocycles. The fourth-order valence-corrected chi connectivity index (χ4v) is 2.20. The Morgan fingerprint density at radius 1 is 1.11 bits per heavy atom. The lowest BCUT2D eigenvalue weighted by Gasteiger charge is -2.03. The number of fused-ring (bicyclic) bond motifs is 2. The average Bonchev–Trinajstić information content (AvgIpc) is 2.99. The van der Waals surface area contributed by atoms with Crippen molar-refractivity contribution in [3.63, 3.8) is 0 Å². The molecule has 0 radical (unpaired) electrons. The number of para-hydroxylation sites is 2. The molecule has 0 aliphatic heterocycles. The fourth-order valence-electron chi connectivity index (χ4n) is 2.20. The second-order valence-electron chi connectivity index (χ2n) is 4.26. The van der Waals surface area contributed by atoms with E-state index in [2.05, 4.69) is 15.1 Å². The number of anilines is 1. The number of pyridine rings is 1. The standard InChI is InChI=1S/C13H10N6/c14-13-16-12-7-9(5-6-19(12)17-13)18-8-15-10-3-1-2-4-11(10)18/h1-8H,(H2,14,17). The molecular formula is C13H10N6. The van der Waals surface area contributed by atoms with Gasteiger partial charge in [0.05, 0.1) is 16.7 Å². The van der Waals surface area contributed by atoms with Gasteiger partial charge in [-0.15, -0.1) is 5.10 Å². The van der Waals surface area contributed by atoms with Crippen molar-refractivity contribution in [3.8, 4) is 5.69 Å². The average molecular weight is 250 g/mol. The minimum Gasteiger partial charge on any atom is -0.366 e. The van der Waals surface area contributed by atoms with Crippen LogP contribution in [0.15, 0.2) is 48.9 Å². The first-order chi connectivity index (χ1) is 9.31. The van der Waals surface area contributed by atoms with Crippen molar-refractivity contribution in [2.75, 3.05) is 5.73 Å². The summed E-state index contributed by atoms with van der Waals surface area (Å²) in [5.41, 5.74) is 9.30. The lowest BCUT2D eigenvalue weighted by molar-refractivity contribution is 0.958. The van der Waals surface area contributed by atoms with Crippen LogP contribution in [-0.2, 0) is 0 Å². The van der Waals surface area contributed by atoms with Gasteiger partial charge in [0.15, 0.2) is 5.65 Å². The number of hydrogen-bond donors (Lipinski definition) is 1. The van der Waals surface area contributed by atoms with Crippen LogP contribution < -0.4 is 5.73 Å². The fraction of sp³-hybridized carbons (Fsp3) is 0. The molecule has 0 saturated carbocycles. The molecule has 0 atom stereocenters. The molecular weight excluding hydrogens is 240 g/mol. The SMILES string of the molecule is Nc1nc2cc(-n3cnc4ccccc43)ccn2n1. The van der Waals surface area contributed by atoms with E-state index in [1.807, 2.05) is 47.2 Å². The summed E-state index contributed by atoms with van der Waals surface area (Å²) in [5, 5.41) is 4.06. The zero-order valence-corrected chi connectivity index (χ0v) is 9.93. The largest absolute Gasteiger partial charge is 0.366 e. The van der Waals surface area contributed by atoms with Crippen LogP contribution in [-0.4, -0.2) is 24.1 Å². The number of nitrogen functional groups attached to an aromatic ring is 1. The monoisotopic (exact) mass is 250 g/mol. The molecule has 4 rings (SSSR count). The summed E-state index contributed by atoms with van der Waals surface area (Å²) >= 11 is 0. The Balaban J connectivity index is 1.98. The lowest BCUT2D eigenvalue weighted by Crippen LogP contribution is -1.94. The van der Waals surface area contributed by atoms with E-state index in [-0.39, 0.29) is 5.95 Å². The molecule has 4 aromatic rings. The van der Waals surface area contributed by atoms with Gasteiger partial charge in [-0.3, -0.25) is 4.57 Å². The second-order valence-corrected chi connectivity index (χ2v) is 4.26. The van der Waals surface area contributed by atoms with Crippen LogP contribution >= 0.6 is 0 Å². The normalized spacial score (nSPS) is 11.4. The summed E-state index contributed by atoms with van der Waals surface area (Å²) in [7, 11) is 0. The second kappa shape index (κ2) is 3.55. The Hall–Kier alpha value is -2.89. The van der Waals surface area contributed by atoms with Crippen molar-refractivity contribution in [3.05, 3.63) is 48.9 Å². The third-order valence-corrected chi connectivity index (χ3v) is 3.07. The summed E-state index contributed by atoms with van der Waals surface area (Å²) in [4.78, 5) is 8.54. The quantitative estimate of drug-likeness (QED) is 0.557. The van der Waals surface area contributed by atoms with E-state index in [1.54, 1.807) is 10.8 Å². The summed E-state index contributed by atoms with van der Waals surface area (Å²) in [6.07, 6.45) is 3.64. The molecule has 19 heavy (non-hydrogen) atoms. The summed E-state index contributed by atoms with van der Waals surface area (Å²) in [6.45, 7) is 0. The predicted molar refractivity (Wildman–Crippen MR) is 72.0 cm³/mol. The highest BCUT2D eigenvalue weighted by Gasteiger charge is 2.06. The number of nitrogens with zero attached hydrogens (tertiary/aromatic N) is 5. The van der Waals surface area contributed by atoms with E-state index in [0.717, 1.165) is 16.7 Å². The van der Waals surface area contributed by atoms with Gasteiger partial charge in [-0.25, -0.2) is 9.50 Å². The number of nitrogens with two attached hydrogens (primary N) is 1. The first-order valence-corrected chi connectivity index (χ1v) is 5.86. The van der Waals surface area contributed by atoms with E-state index < -0.39 is 0 Å². The Kier molecular flexibility index (Phi) is 1.88. The van der Waals surface area contributed by atoms with Gasteiger partial charge < -0.3 is 5.73 Å². The van der Waals surface area contributed by atoms with Crippen LogP contribution in [0.5, 0.6) is 0 Å². The Morgan fingerprint density at radius 3 is 2.95 bits per heavy atom. The third kappa shape index (κ3) is 1.46. The van der Waals surface area contributed by atoms with E-state index in [1.165, 1.54) is 0 Å². The van der Waals surface area contributed by atoms with E-state index in [0.29, 0.717) is 5.65 Å². The van der Waals surface area contributed by atoms with Crippen molar-refractivity contribution in [2.24, 2.45) is 0 Å². The minimum absolute atomic E-state index is 0.271. The summed E-state index contributed by atoms with van der Waals surface area (Å²) in [5.74, 6) is 0.271. The number of benzene rings is 1. The van der Waals surface area contributed by atoms with Crippen molar-refractivity contribution in [1.82, 2.24) is 24.1 Å². The van der Waals surface area contributed by atoms with Crippen LogP contribution in [0.2, 0.25) is 0 Å². The maximum Gasteiger partial charge on any atom is 0.240 e. The van der Waals surface area contributed by atoms with Crippen LogP contribution in [0.25, 0.3) is 22.4 Å². The Bertz CT molecular complexity index is 888. The lowest BCUT2D eigenvalue weighted by atomic mass is 10.3. The number of rotatable bonds is 1. The van der Waals surface area contributed by atoms with Gasteiger partial charge in [-0.1, -0.05) is 12.1 Å². The van der Waals surface area contributed by atoms with Crippen molar-refractivity contribution >= 4 is 22.6 Å². The van der Waals surface area contributed by atoms with Gasteiger partial charge >= 0.3 is 0 Å². The van der Waals surface area contributed by atoms with Crippen LogP contribution in [0.4, 0.5) is 5.95 Å². The molecule has 0 aliphatic rings. The van der Waals surface area contributed by atoms with E-state index in [4.69, 9.17) is 5.73 Å². The molecule has 6 nitrogen and oxygen atoms in total. The van der Waals surface area contributed by atoms with Crippen LogP contribution in [0, 0.1) is 0 Å². The molecule has 92 valence electrons. The molecule has 2 N–H and O–H groups in total. The number of imidazole rings is 1. The van der Waals surface area contributed by atoms with Gasteiger partial charge in [0.25, 0.3) is 0 Å². The molecule has 3 aromatic heterocycles. The summed E-state index contributed by atoms with van der Waals surface area (Å²) in [6, 6.07) is 11.9. The molecule has 0 unspecified atom stereocenters. The van der Waals surface area contributed by atoms with Gasteiger partial charge in [0.1, 0.15) is 6.33 Å². The molecule has 3 heterocycles. The van der Waals surface area contributed by atoms with Crippen molar-refractivity contribution in [1.29, 1.82) is 0 Å². The molecule has 0 amide bonds. The van der Waals surface area contributed by atoms with Gasteiger partial charge in [-0.2, -0.15) is 4.98 Å². The number of aromatic nitrogens is 5. The molecule has 0 aliphatic carbocycles. The van der Waals surface area contributed by atoms with Gasteiger partial charge in [-0.05, 0) is 18.2 Å². The van der Waals surface area contributed by atoms with Crippen molar-refractivity contribution < 1.29 is 0 Å². The highest BCUT2D eigenvalue weighted by molar-refractivity contribution is 5.77. The zero-order chi connectivity index (χ0) is 12.8. The highest BCUT2D eigenvalue weighted by Crippen LogP contribution is 2.18. The zero-order valence-electron chi connectivity index (χ0n) is 9.93. The van der Waals surface area contributed by atoms with Crippen LogP contribution in [0.3, 0.4) is 0 Å². The van der Waals surface area contributed by atoms with Gasteiger partial charge in [0.2, 0.25) is 5.95 Å². The predicted octanol–water partition coefficient (Wildman–Crippen LogP) is 1.65. The maximum absolute atomic E-state index is 5.59. The summed E-state index contributed by atoms with van der Waals surface area (Å²) < 4.78 is 3.66. The molecule has 6 heteroatoms. The molecule has 0 saturated heterocycles. The van der Waals surface area contributed by atoms with Gasteiger partial charge in [0, 0.05) is 12.3 Å². The Morgan fingerprint density at radius 2 is 2.00 bits per heavy atom. The number of hydrogen-bond acceptors (Lipinski definition) is 4.